The second kappa shape index (κ2) is 6.17. The van der Waals surface area contributed by atoms with Crippen molar-refractivity contribution in [3.63, 3.8) is 0 Å². The zero-order valence-electron chi connectivity index (χ0n) is 10.7. The number of methoxy groups -OCH3 is 1. The molecule has 1 rings (SSSR count). The fourth-order valence-corrected chi connectivity index (χ4v) is 3.78. The zero-order chi connectivity index (χ0) is 13.8. The Morgan fingerprint density at radius 1 is 1.39 bits per heavy atom. The van der Waals surface area contributed by atoms with Gasteiger partial charge in [0.05, 0.1) is 25.0 Å². The highest BCUT2D eigenvalue weighted by molar-refractivity contribution is 7.91. The monoisotopic (exact) mass is 277 g/mol. The molecule has 0 N–H and O–H groups in total. The highest BCUT2D eigenvalue weighted by atomic mass is 32.2. The molecule has 0 aromatic heterocycles. The van der Waals surface area contributed by atoms with Crippen molar-refractivity contribution in [1.82, 2.24) is 4.90 Å². The number of hydrogen-bond acceptors (Lipinski definition) is 5. The van der Waals surface area contributed by atoms with E-state index in [0.29, 0.717) is 12.8 Å². The van der Waals surface area contributed by atoms with Gasteiger partial charge in [-0.05, 0) is 6.42 Å². The van der Waals surface area contributed by atoms with Crippen LogP contribution in [0.4, 0.5) is 0 Å². The first kappa shape index (κ1) is 14.9. The van der Waals surface area contributed by atoms with E-state index in [1.807, 2.05) is 0 Å². The van der Waals surface area contributed by atoms with Gasteiger partial charge < -0.3 is 9.64 Å². The molecule has 0 aliphatic carbocycles. The normalized spacial score (nSPS) is 21.6. The molecule has 1 amide bonds. The molecular formula is C11H19NO5S. The fraction of sp³-hybridized carbons (Fsp3) is 0.818. The topological polar surface area (TPSA) is 80.8 Å². The average molecular weight is 277 g/mol. The van der Waals surface area contributed by atoms with Crippen molar-refractivity contribution in [2.45, 2.75) is 32.2 Å². The van der Waals surface area contributed by atoms with E-state index in [4.69, 9.17) is 0 Å². The van der Waals surface area contributed by atoms with E-state index in [1.54, 1.807) is 6.92 Å². The summed E-state index contributed by atoms with van der Waals surface area (Å²) in [5, 5.41) is 0. The lowest BCUT2D eigenvalue weighted by Crippen LogP contribution is -2.42. The summed E-state index contributed by atoms with van der Waals surface area (Å²) in [6.07, 6.45) is 0.853. The molecule has 1 saturated heterocycles. The third kappa shape index (κ3) is 3.97. The Morgan fingerprint density at radius 3 is 2.50 bits per heavy atom. The molecule has 1 unspecified atom stereocenters. The van der Waals surface area contributed by atoms with Crippen molar-refractivity contribution in [2.24, 2.45) is 0 Å². The molecule has 1 fully saturated rings. The van der Waals surface area contributed by atoms with E-state index in [0.717, 1.165) is 0 Å². The van der Waals surface area contributed by atoms with Gasteiger partial charge in [0.25, 0.3) is 0 Å². The first-order valence-electron chi connectivity index (χ1n) is 5.96. The third-order valence-corrected chi connectivity index (χ3v) is 4.81. The fourth-order valence-electron chi connectivity index (χ4n) is 2.05. The molecule has 18 heavy (non-hydrogen) atoms. The molecule has 104 valence electrons. The van der Waals surface area contributed by atoms with Gasteiger partial charge in [-0.2, -0.15) is 0 Å². The lowest BCUT2D eigenvalue weighted by atomic mass is 10.2. The van der Waals surface area contributed by atoms with Crippen molar-refractivity contribution < 1.29 is 22.7 Å². The SMILES string of the molecule is CCC(=O)N(CCC(=O)OC)C1CCS(=O)(=O)C1. The molecule has 7 heteroatoms. The Hall–Kier alpha value is -1.11. The molecule has 0 aromatic carbocycles. The van der Waals surface area contributed by atoms with Gasteiger partial charge in [0.15, 0.2) is 9.84 Å². The first-order chi connectivity index (χ1) is 8.39. The Labute approximate surface area is 107 Å². The number of carbonyl (C=O) groups is 2. The minimum Gasteiger partial charge on any atom is -0.469 e. The van der Waals surface area contributed by atoms with Gasteiger partial charge in [-0.1, -0.05) is 6.92 Å². The van der Waals surface area contributed by atoms with Crippen LogP contribution in [0.2, 0.25) is 0 Å². The summed E-state index contributed by atoms with van der Waals surface area (Å²) in [6.45, 7) is 1.94. The van der Waals surface area contributed by atoms with Gasteiger partial charge in [0.1, 0.15) is 0 Å². The molecule has 0 bridgehead atoms. The minimum absolute atomic E-state index is 0.0000867. The van der Waals surface area contributed by atoms with Crippen LogP contribution in [0.5, 0.6) is 0 Å². The van der Waals surface area contributed by atoms with Crippen LogP contribution in [0.15, 0.2) is 0 Å². The maximum Gasteiger partial charge on any atom is 0.307 e. The molecule has 0 spiro atoms. The molecule has 0 aromatic rings. The third-order valence-electron chi connectivity index (χ3n) is 3.06. The maximum absolute atomic E-state index is 11.8. The highest BCUT2D eigenvalue weighted by Crippen LogP contribution is 2.19. The predicted octanol–water partition coefficient (Wildman–Crippen LogP) is -0.0248. The number of nitrogens with zero attached hydrogens (tertiary/aromatic N) is 1. The largest absolute Gasteiger partial charge is 0.469 e. The summed E-state index contributed by atoms with van der Waals surface area (Å²) < 4.78 is 27.4. The molecule has 1 aliphatic heterocycles. The average Bonchev–Trinajstić information content (AvgIpc) is 2.69. The molecule has 6 nitrogen and oxygen atoms in total. The van der Waals surface area contributed by atoms with Crippen LogP contribution in [0.1, 0.15) is 26.2 Å². The molecule has 0 radical (unpaired) electrons. The van der Waals surface area contributed by atoms with E-state index in [9.17, 15) is 18.0 Å². The lowest BCUT2D eigenvalue weighted by molar-refractivity contribution is -0.142. The zero-order valence-corrected chi connectivity index (χ0v) is 11.5. The Bertz CT molecular complexity index is 417. The van der Waals surface area contributed by atoms with Crippen molar-refractivity contribution in [2.75, 3.05) is 25.2 Å². The van der Waals surface area contributed by atoms with Crippen molar-refractivity contribution in [1.29, 1.82) is 0 Å². The number of sulfone groups is 1. The summed E-state index contributed by atoms with van der Waals surface area (Å²) in [6, 6.07) is -0.299. The lowest BCUT2D eigenvalue weighted by Gasteiger charge is -2.27. The predicted molar refractivity (Wildman–Crippen MR) is 65.7 cm³/mol. The number of amides is 1. The first-order valence-corrected chi connectivity index (χ1v) is 7.78. The van der Waals surface area contributed by atoms with E-state index < -0.39 is 15.8 Å². The van der Waals surface area contributed by atoms with Gasteiger partial charge in [-0.25, -0.2) is 8.42 Å². The van der Waals surface area contributed by atoms with Crippen molar-refractivity contribution in [3.8, 4) is 0 Å². The molecular weight excluding hydrogens is 258 g/mol. The van der Waals surface area contributed by atoms with Crippen LogP contribution >= 0.6 is 0 Å². The number of rotatable bonds is 5. The molecule has 0 saturated carbocycles. The maximum atomic E-state index is 11.8. The van der Waals surface area contributed by atoms with Gasteiger partial charge in [0.2, 0.25) is 5.91 Å². The van der Waals surface area contributed by atoms with Gasteiger partial charge >= 0.3 is 5.97 Å². The standard InChI is InChI=1S/C11H19NO5S/c1-3-10(13)12(6-4-11(14)17-2)9-5-7-18(15,16)8-9/h9H,3-8H2,1-2H3. The van der Waals surface area contributed by atoms with Crippen LogP contribution in [0.25, 0.3) is 0 Å². The van der Waals surface area contributed by atoms with Crippen molar-refractivity contribution >= 4 is 21.7 Å². The summed E-state index contributed by atoms with van der Waals surface area (Å²) in [7, 11) is -1.75. The van der Waals surface area contributed by atoms with Crippen LogP contribution in [0, 0.1) is 0 Å². The van der Waals surface area contributed by atoms with Crippen LogP contribution in [-0.4, -0.2) is 56.4 Å². The van der Waals surface area contributed by atoms with Crippen LogP contribution < -0.4 is 0 Å². The van der Waals surface area contributed by atoms with Gasteiger partial charge in [-0.15, -0.1) is 0 Å². The summed E-state index contributed by atoms with van der Waals surface area (Å²) in [5.41, 5.74) is 0. The van der Waals surface area contributed by atoms with Crippen molar-refractivity contribution in [3.05, 3.63) is 0 Å². The second-order valence-corrected chi connectivity index (χ2v) is 6.55. The van der Waals surface area contributed by atoms with E-state index in [-0.39, 0.29) is 36.4 Å². The minimum atomic E-state index is -3.04. The summed E-state index contributed by atoms with van der Waals surface area (Å²) >= 11 is 0. The van der Waals surface area contributed by atoms with E-state index in [2.05, 4.69) is 4.74 Å². The molecule has 1 heterocycles. The van der Waals surface area contributed by atoms with Crippen LogP contribution in [0.3, 0.4) is 0 Å². The Kier molecular flexibility index (Phi) is 5.13. The second-order valence-electron chi connectivity index (χ2n) is 4.32. The smallest absolute Gasteiger partial charge is 0.307 e. The van der Waals surface area contributed by atoms with Gasteiger partial charge in [0, 0.05) is 19.0 Å². The van der Waals surface area contributed by atoms with E-state index in [1.165, 1.54) is 12.0 Å². The van der Waals surface area contributed by atoms with Gasteiger partial charge in [-0.3, -0.25) is 9.59 Å². The summed E-state index contributed by atoms with van der Waals surface area (Å²) in [4.78, 5) is 24.4. The molecule has 1 aliphatic rings. The number of ether oxygens (including phenoxy) is 1. The molecule has 1 atom stereocenters. The number of carbonyl (C=O) groups excluding carboxylic acids is 2. The van der Waals surface area contributed by atoms with E-state index >= 15 is 0 Å². The Morgan fingerprint density at radius 2 is 2.06 bits per heavy atom. The highest BCUT2D eigenvalue weighted by Gasteiger charge is 2.34. The summed E-state index contributed by atoms with van der Waals surface area (Å²) in [5.74, 6) is -0.408. The van der Waals surface area contributed by atoms with Crippen LogP contribution in [-0.2, 0) is 24.2 Å². The Balaban J connectivity index is 2.67. The quantitative estimate of drug-likeness (QED) is 0.659. The number of esters is 1. The number of hydrogen-bond donors (Lipinski definition) is 0.